The van der Waals surface area contributed by atoms with Crippen LogP contribution in [-0.4, -0.2) is 49.2 Å². The Kier molecular flexibility index (Phi) is 5.05. The maximum Gasteiger partial charge on any atom is 0.417 e. The van der Waals surface area contributed by atoms with Crippen molar-refractivity contribution in [2.75, 3.05) is 44.2 Å². The van der Waals surface area contributed by atoms with Crippen LogP contribution in [0.1, 0.15) is 12.5 Å². The van der Waals surface area contributed by atoms with Gasteiger partial charge in [-0.3, -0.25) is 4.90 Å². The summed E-state index contributed by atoms with van der Waals surface area (Å²) < 4.78 is 37.5. The summed E-state index contributed by atoms with van der Waals surface area (Å²) in [6, 6.07) is 2.53. The highest BCUT2D eigenvalue weighted by atomic mass is 19.4. The van der Waals surface area contributed by atoms with E-state index in [2.05, 4.69) is 16.8 Å². The maximum absolute atomic E-state index is 12.5. The number of aromatic nitrogens is 1. The minimum atomic E-state index is -4.33. The Morgan fingerprint density at radius 1 is 1.24 bits per heavy atom. The molecule has 2 rings (SSSR count). The van der Waals surface area contributed by atoms with E-state index in [9.17, 15) is 13.2 Å². The number of rotatable bonds is 4. The van der Waals surface area contributed by atoms with Crippen LogP contribution in [0.15, 0.2) is 18.3 Å². The minimum absolute atomic E-state index is 0.459. The first-order chi connectivity index (χ1) is 9.90. The van der Waals surface area contributed by atoms with E-state index in [-0.39, 0.29) is 0 Å². The number of halogens is 3. The summed E-state index contributed by atoms with van der Waals surface area (Å²) in [5, 5.41) is 0. The number of nitrogens with zero attached hydrogens (tertiary/aromatic N) is 3. The fourth-order valence-corrected chi connectivity index (χ4v) is 2.42. The molecular formula is C14H21F3N4. The van der Waals surface area contributed by atoms with E-state index < -0.39 is 11.7 Å². The van der Waals surface area contributed by atoms with Gasteiger partial charge in [-0.1, -0.05) is 6.92 Å². The SMILES string of the molecule is CC(CN)CN1CCN(c2ccc(C(F)(F)F)cn2)CC1. The van der Waals surface area contributed by atoms with Crippen LogP contribution in [-0.2, 0) is 6.18 Å². The molecule has 1 atom stereocenters. The summed E-state index contributed by atoms with van der Waals surface area (Å²) in [6.07, 6.45) is -3.43. The van der Waals surface area contributed by atoms with Crippen molar-refractivity contribution in [3.8, 4) is 0 Å². The standard InChI is InChI=1S/C14H21F3N4/c1-11(8-18)10-20-4-6-21(7-5-20)13-3-2-12(9-19-13)14(15,16)17/h2-3,9,11H,4-8,10,18H2,1H3. The molecule has 7 heteroatoms. The van der Waals surface area contributed by atoms with E-state index in [0.717, 1.165) is 45.0 Å². The Balaban J connectivity index is 1.90. The van der Waals surface area contributed by atoms with Crippen molar-refractivity contribution in [2.45, 2.75) is 13.1 Å². The third kappa shape index (κ3) is 4.31. The molecule has 0 bridgehead atoms. The Bertz CT molecular complexity index is 439. The van der Waals surface area contributed by atoms with Crippen molar-refractivity contribution >= 4 is 5.82 Å². The Labute approximate surface area is 122 Å². The number of alkyl halides is 3. The monoisotopic (exact) mass is 302 g/mol. The van der Waals surface area contributed by atoms with Gasteiger partial charge in [0.15, 0.2) is 0 Å². The van der Waals surface area contributed by atoms with Crippen molar-refractivity contribution < 1.29 is 13.2 Å². The summed E-state index contributed by atoms with van der Waals surface area (Å²) >= 11 is 0. The van der Waals surface area contributed by atoms with Crippen LogP contribution in [0.3, 0.4) is 0 Å². The number of piperazine rings is 1. The van der Waals surface area contributed by atoms with Crippen LogP contribution in [0.2, 0.25) is 0 Å². The zero-order chi connectivity index (χ0) is 15.5. The van der Waals surface area contributed by atoms with Crippen LogP contribution >= 0.6 is 0 Å². The molecule has 2 heterocycles. The lowest BCUT2D eigenvalue weighted by Crippen LogP contribution is -2.48. The molecule has 0 aliphatic carbocycles. The molecule has 1 unspecified atom stereocenters. The van der Waals surface area contributed by atoms with Crippen LogP contribution < -0.4 is 10.6 Å². The van der Waals surface area contributed by atoms with Crippen LogP contribution in [0, 0.1) is 5.92 Å². The van der Waals surface area contributed by atoms with Gasteiger partial charge in [0.1, 0.15) is 5.82 Å². The number of pyridine rings is 1. The maximum atomic E-state index is 12.5. The van der Waals surface area contributed by atoms with Gasteiger partial charge >= 0.3 is 6.18 Å². The first kappa shape index (κ1) is 16.0. The molecule has 1 fully saturated rings. The van der Waals surface area contributed by atoms with E-state index in [1.54, 1.807) is 0 Å². The highest BCUT2D eigenvalue weighted by Gasteiger charge is 2.31. The van der Waals surface area contributed by atoms with Gasteiger partial charge in [-0.15, -0.1) is 0 Å². The molecule has 0 amide bonds. The quantitative estimate of drug-likeness (QED) is 0.921. The number of nitrogens with two attached hydrogens (primary N) is 1. The molecule has 118 valence electrons. The van der Waals surface area contributed by atoms with Gasteiger partial charge in [-0.25, -0.2) is 4.98 Å². The fourth-order valence-electron chi connectivity index (χ4n) is 2.42. The zero-order valence-electron chi connectivity index (χ0n) is 12.1. The fraction of sp³-hybridized carbons (Fsp3) is 0.643. The molecule has 1 aromatic rings. The van der Waals surface area contributed by atoms with E-state index in [4.69, 9.17) is 5.73 Å². The first-order valence-electron chi connectivity index (χ1n) is 7.10. The second-order valence-corrected chi connectivity index (χ2v) is 5.53. The van der Waals surface area contributed by atoms with Gasteiger partial charge in [-0.2, -0.15) is 13.2 Å². The number of anilines is 1. The second kappa shape index (κ2) is 6.62. The normalized spacial score (nSPS) is 18.8. The molecule has 21 heavy (non-hydrogen) atoms. The molecule has 1 aliphatic heterocycles. The molecule has 0 spiro atoms. The lowest BCUT2D eigenvalue weighted by Gasteiger charge is -2.36. The van der Waals surface area contributed by atoms with Gasteiger partial charge < -0.3 is 10.6 Å². The molecule has 0 saturated carbocycles. The molecular weight excluding hydrogens is 281 g/mol. The summed E-state index contributed by atoms with van der Waals surface area (Å²) in [7, 11) is 0. The molecule has 0 aromatic carbocycles. The van der Waals surface area contributed by atoms with Gasteiger partial charge in [0.2, 0.25) is 0 Å². The van der Waals surface area contributed by atoms with Gasteiger partial charge in [0, 0.05) is 38.9 Å². The molecule has 1 aromatic heterocycles. The Morgan fingerprint density at radius 2 is 1.90 bits per heavy atom. The van der Waals surface area contributed by atoms with Gasteiger partial charge in [0.25, 0.3) is 0 Å². The third-order valence-electron chi connectivity index (χ3n) is 3.74. The average molecular weight is 302 g/mol. The topological polar surface area (TPSA) is 45.4 Å². The lowest BCUT2D eigenvalue weighted by atomic mass is 10.1. The van der Waals surface area contributed by atoms with E-state index >= 15 is 0 Å². The lowest BCUT2D eigenvalue weighted by molar-refractivity contribution is -0.137. The summed E-state index contributed by atoms with van der Waals surface area (Å²) in [6.45, 7) is 7.06. The van der Waals surface area contributed by atoms with Crippen molar-refractivity contribution in [1.29, 1.82) is 0 Å². The average Bonchev–Trinajstić information content (AvgIpc) is 2.47. The van der Waals surface area contributed by atoms with Crippen molar-refractivity contribution in [3.05, 3.63) is 23.9 Å². The predicted octanol–water partition coefficient (Wildman–Crippen LogP) is 1.82. The van der Waals surface area contributed by atoms with Gasteiger partial charge in [-0.05, 0) is 24.6 Å². The van der Waals surface area contributed by atoms with Crippen LogP contribution in [0.5, 0.6) is 0 Å². The van der Waals surface area contributed by atoms with Crippen molar-refractivity contribution in [1.82, 2.24) is 9.88 Å². The molecule has 1 saturated heterocycles. The van der Waals surface area contributed by atoms with Crippen LogP contribution in [0.4, 0.5) is 19.0 Å². The smallest absolute Gasteiger partial charge is 0.354 e. The summed E-state index contributed by atoms with van der Waals surface area (Å²) in [5.74, 6) is 1.07. The Hall–Kier alpha value is -1.34. The van der Waals surface area contributed by atoms with E-state index in [1.165, 1.54) is 6.07 Å². The highest BCUT2D eigenvalue weighted by Crippen LogP contribution is 2.29. The molecule has 0 radical (unpaired) electrons. The highest BCUT2D eigenvalue weighted by molar-refractivity contribution is 5.40. The number of hydrogen-bond acceptors (Lipinski definition) is 4. The zero-order valence-corrected chi connectivity index (χ0v) is 12.1. The summed E-state index contributed by atoms with van der Waals surface area (Å²) in [5.41, 5.74) is 4.91. The van der Waals surface area contributed by atoms with E-state index in [0.29, 0.717) is 18.3 Å². The first-order valence-corrected chi connectivity index (χ1v) is 7.10. The number of hydrogen-bond donors (Lipinski definition) is 1. The molecule has 1 aliphatic rings. The largest absolute Gasteiger partial charge is 0.417 e. The second-order valence-electron chi connectivity index (χ2n) is 5.53. The van der Waals surface area contributed by atoms with Gasteiger partial charge in [0.05, 0.1) is 5.56 Å². The predicted molar refractivity (Wildman–Crippen MR) is 76.1 cm³/mol. The molecule has 4 nitrogen and oxygen atoms in total. The third-order valence-corrected chi connectivity index (χ3v) is 3.74. The van der Waals surface area contributed by atoms with Crippen LogP contribution in [0.25, 0.3) is 0 Å². The summed E-state index contributed by atoms with van der Waals surface area (Å²) in [4.78, 5) is 8.29. The van der Waals surface area contributed by atoms with Crippen molar-refractivity contribution in [3.63, 3.8) is 0 Å². The Morgan fingerprint density at radius 3 is 2.38 bits per heavy atom. The van der Waals surface area contributed by atoms with E-state index in [1.807, 2.05) is 4.90 Å². The van der Waals surface area contributed by atoms with Crippen molar-refractivity contribution in [2.24, 2.45) is 11.7 Å². The minimum Gasteiger partial charge on any atom is -0.354 e. The molecule has 2 N–H and O–H groups in total.